The van der Waals surface area contributed by atoms with Gasteiger partial charge >= 0.3 is 0 Å². The summed E-state index contributed by atoms with van der Waals surface area (Å²) in [4.78, 5) is 44.4. The molecule has 8 heteroatoms. The fourth-order valence-corrected chi connectivity index (χ4v) is 4.16. The number of piperidine rings is 1. The number of aromatic nitrogens is 1. The molecule has 2 saturated heterocycles. The summed E-state index contributed by atoms with van der Waals surface area (Å²) in [6.45, 7) is 2.87. The van der Waals surface area contributed by atoms with Gasteiger partial charge in [-0.15, -0.1) is 0 Å². The van der Waals surface area contributed by atoms with E-state index in [1.54, 1.807) is 9.80 Å². The second-order valence-corrected chi connectivity index (χ2v) is 8.46. The van der Waals surface area contributed by atoms with Gasteiger partial charge in [0.15, 0.2) is 11.5 Å². The third kappa shape index (κ3) is 4.74. The number of hydrogen-bond donors (Lipinski definition) is 1. The molecule has 3 fully saturated rings. The van der Waals surface area contributed by atoms with Crippen LogP contribution in [-0.4, -0.2) is 65.2 Å². The van der Waals surface area contributed by atoms with Gasteiger partial charge in [0.1, 0.15) is 0 Å². The molecule has 3 amide bonds. The molecule has 1 unspecified atom stereocenters. The quantitative estimate of drug-likeness (QED) is 0.781. The molecule has 1 atom stereocenters. The summed E-state index contributed by atoms with van der Waals surface area (Å²) in [6, 6.07) is 2.70. The van der Waals surface area contributed by atoms with Gasteiger partial charge in [0.25, 0.3) is 5.91 Å². The van der Waals surface area contributed by atoms with Crippen LogP contribution in [0, 0.1) is 23.6 Å². The Labute approximate surface area is 169 Å². The Morgan fingerprint density at radius 3 is 2.62 bits per heavy atom. The molecule has 0 spiro atoms. The fourth-order valence-electron chi connectivity index (χ4n) is 4.16. The smallest absolute Gasteiger partial charge is 0.275 e. The van der Waals surface area contributed by atoms with E-state index in [2.05, 4.69) is 10.3 Å². The first-order chi connectivity index (χ1) is 14.0. The Morgan fingerprint density at radius 1 is 1.17 bits per heavy atom. The van der Waals surface area contributed by atoms with Crippen LogP contribution in [0.25, 0.3) is 0 Å². The second kappa shape index (κ2) is 8.47. The Bertz CT molecular complexity index is 790. The molecule has 1 aromatic rings. The molecule has 3 heterocycles. The van der Waals surface area contributed by atoms with Gasteiger partial charge in [-0.05, 0) is 49.7 Å². The summed E-state index contributed by atoms with van der Waals surface area (Å²) >= 11 is 0. The van der Waals surface area contributed by atoms with Gasteiger partial charge in [0.05, 0.1) is 5.92 Å². The molecule has 4 rings (SSSR count). The zero-order valence-corrected chi connectivity index (χ0v) is 16.5. The van der Waals surface area contributed by atoms with Gasteiger partial charge < -0.3 is 15.1 Å². The molecule has 1 aromatic heterocycles. The van der Waals surface area contributed by atoms with Gasteiger partial charge in [0, 0.05) is 45.3 Å². The normalized spacial score (nSPS) is 22.8. The monoisotopic (exact) mass is 402 g/mol. The molecule has 2 aliphatic heterocycles. The average molecular weight is 402 g/mol. The highest BCUT2D eigenvalue weighted by atomic mass is 19.1. The molecule has 0 radical (unpaired) electrons. The molecule has 1 aliphatic carbocycles. The summed E-state index contributed by atoms with van der Waals surface area (Å²) in [6.07, 6.45) is 5.57. The number of rotatable bonds is 6. The van der Waals surface area contributed by atoms with Gasteiger partial charge in [-0.2, -0.15) is 0 Å². The number of hydrogen-bond acceptors (Lipinski definition) is 4. The average Bonchev–Trinajstić information content (AvgIpc) is 3.49. The minimum Gasteiger partial charge on any atom is -0.356 e. The largest absolute Gasteiger partial charge is 0.356 e. The summed E-state index contributed by atoms with van der Waals surface area (Å²) in [5.41, 5.74) is -0.138. The lowest BCUT2D eigenvalue weighted by Gasteiger charge is -2.33. The van der Waals surface area contributed by atoms with E-state index in [9.17, 15) is 18.8 Å². The van der Waals surface area contributed by atoms with Crippen molar-refractivity contribution < 1.29 is 18.8 Å². The van der Waals surface area contributed by atoms with E-state index in [1.165, 1.54) is 31.2 Å². The van der Waals surface area contributed by atoms with Crippen LogP contribution >= 0.6 is 0 Å². The van der Waals surface area contributed by atoms with E-state index < -0.39 is 5.82 Å². The van der Waals surface area contributed by atoms with E-state index in [4.69, 9.17) is 0 Å². The number of amides is 3. The molecule has 29 heavy (non-hydrogen) atoms. The first kappa shape index (κ1) is 19.8. The molecule has 3 aliphatic rings. The summed E-state index contributed by atoms with van der Waals surface area (Å²) in [5, 5.41) is 2.97. The molecular formula is C21H27FN4O3. The SMILES string of the molecule is O=C(NCC1CC1)C1CC(=O)N(CC2CCN(C(=O)c3ncccc3F)CC2)C1. The predicted octanol–water partition coefficient (Wildman–Crippen LogP) is 1.45. The highest BCUT2D eigenvalue weighted by Crippen LogP contribution is 2.28. The zero-order chi connectivity index (χ0) is 20.4. The Balaban J connectivity index is 1.24. The van der Waals surface area contributed by atoms with Crippen molar-refractivity contribution in [1.29, 1.82) is 0 Å². The number of nitrogens with one attached hydrogen (secondary N) is 1. The number of halogens is 1. The first-order valence-corrected chi connectivity index (χ1v) is 10.5. The fraction of sp³-hybridized carbons (Fsp3) is 0.619. The van der Waals surface area contributed by atoms with Crippen molar-refractivity contribution >= 4 is 17.7 Å². The van der Waals surface area contributed by atoms with Crippen LogP contribution < -0.4 is 5.32 Å². The van der Waals surface area contributed by atoms with Crippen molar-refractivity contribution in [2.24, 2.45) is 17.8 Å². The summed E-state index contributed by atoms with van der Waals surface area (Å²) in [7, 11) is 0. The number of carbonyl (C=O) groups excluding carboxylic acids is 3. The second-order valence-electron chi connectivity index (χ2n) is 8.46. The molecule has 7 nitrogen and oxygen atoms in total. The number of nitrogens with zero attached hydrogens (tertiary/aromatic N) is 3. The van der Waals surface area contributed by atoms with Crippen molar-refractivity contribution in [3.8, 4) is 0 Å². The van der Waals surface area contributed by atoms with E-state index in [1.807, 2.05) is 0 Å². The molecule has 1 N–H and O–H groups in total. The van der Waals surface area contributed by atoms with Crippen LogP contribution in [0.2, 0.25) is 0 Å². The highest BCUT2D eigenvalue weighted by molar-refractivity contribution is 5.92. The van der Waals surface area contributed by atoms with Gasteiger partial charge in [-0.25, -0.2) is 9.37 Å². The van der Waals surface area contributed by atoms with Crippen LogP contribution in [0.15, 0.2) is 18.3 Å². The minimum atomic E-state index is -0.603. The summed E-state index contributed by atoms with van der Waals surface area (Å²) in [5.74, 6) is -0.310. The van der Waals surface area contributed by atoms with Crippen molar-refractivity contribution in [3.63, 3.8) is 0 Å². The lowest BCUT2D eigenvalue weighted by molar-refractivity contribution is -0.129. The van der Waals surface area contributed by atoms with Crippen molar-refractivity contribution in [3.05, 3.63) is 29.8 Å². The van der Waals surface area contributed by atoms with E-state index in [0.717, 1.165) is 19.4 Å². The van der Waals surface area contributed by atoms with Crippen LogP contribution in [0.5, 0.6) is 0 Å². The number of carbonyl (C=O) groups is 3. The topological polar surface area (TPSA) is 82.6 Å². The third-order valence-electron chi connectivity index (χ3n) is 6.19. The number of pyridine rings is 1. The van der Waals surface area contributed by atoms with Crippen molar-refractivity contribution in [2.75, 3.05) is 32.7 Å². The molecule has 0 aromatic carbocycles. The maximum atomic E-state index is 13.8. The molecule has 0 bridgehead atoms. The lowest BCUT2D eigenvalue weighted by atomic mass is 9.96. The van der Waals surface area contributed by atoms with E-state index in [0.29, 0.717) is 32.1 Å². The van der Waals surface area contributed by atoms with E-state index in [-0.39, 0.29) is 41.7 Å². The van der Waals surface area contributed by atoms with Crippen LogP contribution in [0.1, 0.15) is 42.6 Å². The Hall–Kier alpha value is -2.51. The van der Waals surface area contributed by atoms with Crippen molar-refractivity contribution in [1.82, 2.24) is 20.1 Å². The summed E-state index contributed by atoms with van der Waals surface area (Å²) < 4.78 is 13.8. The highest BCUT2D eigenvalue weighted by Gasteiger charge is 2.36. The Kier molecular flexibility index (Phi) is 5.78. The van der Waals surface area contributed by atoms with Gasteiger partial charge in [-0.3, -0.25) is 14.4 Å². The zero-order valence-electron chi connectivity index (χ0n) is 16.5. The maximum absolute atomic E-state index is 13.8. The number of likely N-dealkylation sites (tertiary alicyclic amines) is 2. The standard InChI is InChI=1S/C21H27FN4O3/c22-17-2-1-7-23-19(17)21(29)25-8-5-15(6-9-25)12-26-13-16(10-18(26)27)20(28)24-11-14-3-4-14/h1-2,7,14-16H,3-6,8-13H2,(H,24,28). The van der Waals surface area contributed by atoms with Crippen molar-refractivity contribution in [2.45, 2.75) is 32.1 Å². The molecule has 1 saturated carbocycles. The molecular weight excluding hydrogens is 375 g/mol. The minimum absolute atomic E-state index is 0.00875. The van der Waals surface area contributed by atoms with Crippen LogP contribution in [0.3, 0.4) is 0 Å². The lowest BCUT2D eigenvalue weighted by Crippen LogP contribution is -2.42. The third-order valence-corrected chi connectivity index (χ3v) is 6.19. The van der Waals surface area contributed by atoms with E-state index >= 15 is 0 Å². The first-order valence-electron chi connectivity index (χ1n) is 10.5. The molecule has 156 valence electrons. The van der Waals surface area contributed by atoms with Crippen LogP contribution in [0.4, 0.5) is 4.39 Å². The maximum Gasteiger partial charge on any atom is 0.275 e. The Morgan fingerprint density at radius 2 is 1.93 bits per heavy atom. The van der Waals surface area contributed by atoms with Gasteiger partial charge in [0.2, 0.25) is 11.8 Å². The predicted molar refractivity (Wildman–Crippen MR) is 103 cm³/mol. The van der Waals surface area contributed by atoms with Gasteiger partial charge in [-0.1, -0.05) is 0 Å². The van der Waals surface area contributed by atoms with Crippen LogP contribution in [-0.2, 0) is 9.59 Å².